The van der Waals surface area contributed by atoms with Crippen LogP contribution in [0.4, 0.5) is 0 Å². The van der Waals surface area contributed by atoms with E-state index in [0.29, 0.717) is 17.1 Å². The fourth-order valence-electron chi connectivity index (χ4n) is 1.85. The molecule has 7 nitrogen and oxygen atoms in total. The molecule has 0 saturated carbocycles. The third-order valence-corrected chi connectivity index (χ3v) is 2.87. The summed E-state index contributed by atoms with van der Waals surface area (Å²) in [4.78, 5) is 15.8. The second kappa shape index (κ2) is 6.13. The molecule has 0 fully saturated rings. The summed E-state index contributed by atoms with van der Waals surface area (Å²) in [7, 11) is 1.56. The molecule has 0 atom stereocenters. The Kier molecular flexibility index (Phi) is 3.86. The zero-order valence-corrected chi connectivity index (χ0v) is 11.7. The normalized spacial score (nSPS) is 10.4. The monoisotopic (exact) mass is 300 g/mol. The average Bonchev–Trinajstić information content (AvgIpc) is 3.24. The first-order valence-corrected chi connectivity index (χ1v) is 6.44. The van der Waals surface area contributed by atoms with Crippen molar-refractivity contribution in [3.63, 3.8) is 0 Å². The van der Waals surface area contributed by atoms with Crippen LogP contribution >= 0.6 is 0 Å². The Morgan fingerprint density at radius 2 is 2.09 bits per heavy atom. The maximum atomic E-state index is 11.6. The number of ether oxygens (including phenoxy) is 2. The van der Waals surface area contributed by atoms with E-state index < -0.39 is 5.97 Å². The lowest BCUT2D eigenvalue weighted by atomic mass is 10.2. The summed E-state index contributed by atoms with van der Waals surface area (Å²) in [5.74, 6) is 0.691. The van der Waals surface area contributed by atoms with E-state index in [-0.39, 0.29) is 18.3 Å². The first kappa shape index (κ1) is 13.9. The number of esters is 1. The lowest BCUT2D eigenvalue weighted by Crippen LogP contribution is -2.04. The number of furan rings is 1. The number of aromatic nitrogens is 2. The van der Waals surface area contributed by atoms with Gasteiger partial charge in [-0.25, -0.2) is 4.79 Å². The molecule has 0 radical (unpaired) electrons. The van der Waals surface area contributed by atoms with Crippen molar-refractivity contribution in [2.24, 2.45) is 0 Å². The van der Waals surface area contributed by atoms with E-state index in [9.17, 15) is 4.79 Å². The molecule has 3 rings (SSSR count). The molecule has 0 saturated heterocycles. The molecule has 0 aliphatic carbocycles. The molecule has 2 aromatic heterocycles. The zero-order valence-electron chi connectivity index (χ0n) is 11.7. The van der Waals surface area contributed by atoms with Gasteiger partial charge in [-0.1, -0.05) is 17.3 Å². The van der Waals surface area contributed by atoms with Crippen LogP contribution in [0, 0.1) is 0 Å². The first-order chi connectivity index (χ1) is 10.8. The summed E-state index contributed by atoms with van der Waals surface area (Å²) in [5, 5.41) is 3.85. The number of benzene rings is 1. The second-order valence-corrected chi connectivity index (χ2v) is 4.27. The van der Waals surface area contributed by atoms with Gasteiger partial charge in [0.1, 0.15) is 5.75 Å². The van der Waals surface area contributed by atoms with Crippen LogP contribution in [0.25, 0.3) is 11.4 Å². The number of methoxy groups -OCH3 is 1. The second-order valence-electron chi connectivity index (χ2n) is 4.27. The minimum Gasteiger partial charge on any atom is -0.496 e. The van der Waals surface area contributed by atoms with Crippen molar-refractivity contribution in [2.45, 2.75) is 6.61 Å². The Morgan fingerprint density at radius 1 is 1.23 bits per heavy atom. The van der Waals surface area contributed by atoms with Crippen LogP contribution in [0.3, 0.4) is 0 Å². The van der Waals surface area contributed by atoms with E-state index in [1.807, 2.05) is 18.2 Å². The third kappa shape index (κ3) is 2.83. The number of nitrogens with zero attached hydrogens (tertiary/aromatic N) is 2. The number of hydrogen-bond donors (Lipinski definition) is 0. The van der Waals surface area contributed by atoms with Crippen molar-refractivity contribution < 1.29 is 23.2 Å². The average molecular weight is 300 g/mol. The minimum absolute atomic E-state index is 0.115. The number of hydrogen-bond acceptors (Lipinski definition) is 7. The van der Waals surface area contributed by atoms with Crippen LogP contribution in [-0.4, -0.2) is 23.2 Å². The molecule has 0 N–H and O–H groups in total. The standard InChI is InChI=1S/C15H12N2O5/c1-19-11-6-3-2-5-10(11)14-16-13(22-17-14)9-21-15(18)12-7-4-8-20-12/h2-8H,9H2,1H3. The van der Waals surface area contributed by atoms with Gasteiger partial charge in [-0.2, -0.15) is 4.98 Å². The summed E-state index contributed by atoms with van der Waals surface area (Å²) >= 11 is 0. The highest BCUT2D eigenvalue weighted by Crippen LogP contribution is 2.27. The molecule has 112 valence electrons. The molecular formula is C15H12N2O5. The van der Waals surface area contributed by atoms with Gasteiger partial charge in [0.05, 0.1) is 18.9 Å². The van der Waals surface area contributed by atoms with Crippen LogP contribution < -0.4 is 4.74 Å². The fourth-order valence-corrected chi connectivity index (χ4v) is 1.85. The van der Waals surface area contributed by atoms with Crippen molar-refractivity contribution in [2.75, 3.05) is 7.11 Å². The van der Waals surface area contributed by atoms with Gasteiger partial charge in [0.15, 0.2) is 6.61 Å². The van der Waals surface area contributed by atoms with Crippen LogP contribution in [0.2, 0.25) is 0 Å². The Bertz CT molecular complexity index is 764. The third-order valence-electron chi connectivity index (χ3n) is 2.87. The highest BCUT2D eigenvalue weighted by molar-refractivity contribution is 5.86. The van der Waals surface area contributed by atoms with Gasteiger partial charge in [-0.15, -0.1) is 0 Å². The highest BCUT2D eigenvalue weighted by Gasteiger charge is 2.15. The van der Waals surface area contributed by atoms with Crippen molar-refractivity contribution >= 4 is 5.97 Å². The molecule has 7 heteroatoms. The van der Waals surface area contributed by atoms with Gasteiger partial charge in [-0.3, -0.25) is 0 Å². The first-order valence-electron chi connectivity index (χ1n) is 6.44. The summed E-state index contributed by atoms with van der Waals surface area (Å²) in [6.07, 6.45) is 1.39. The molecule has 0 spiro atoms. The molecule has 0 bridgehead atoms. The van der Waals surface area contributed by atoms with Gasteiger partial charge in [-0.05, 0) is 24.3 Å². The van der Waals surface area contributed by atoms with Crippen molar-refractivity contribution in [1.82, 2.24) is 10.1 Å². The van der Waals surface area contributed by atoms with Crippen LogP contribution in [0.1, 0.15) is 16.4 Å². The van der Waals surface area contributed by atoms with Gasteiger partial charge in [0, 0.05) is 0 Å². The molecular weight excluding hydrogens is 288 g/mol. The molecule has 0 aliphatic heterocycles. The molecule has 0 unspecified atom stereocenters. The summed E-state index contributed by atoms with van der Waals surface area (Å²) in [6, 6.07) is 10.4. The lowest BCUT2D eigenvalue weighted by molar-refractivity contribution is 0.0393. The maximum Gasteiger partial charge on any atom is 0.374 e. The summed E-state index contributed by atoms with van der Waals surface area (Å²) in [6.45, 7) is -0.137. The van der Waals surface area contributed by atoms with E-state index in [4.69, 9.17) is 18.4 Å². The zero-order chi connectivity index (χ0) is 15.4. The minimum atomic E-state index is -0.595. The number of carbonyl (C=O) groups excluding carboxylic acids is 1. The number of para-hydroxylation sites is 1. The number of carbonyl (C=O) groups is 1. The Labute approximate surface area is 125 Å². The van der Waals surface area contributed by atoms with E-state index >= 15 is 0 Å². The van der Waals surface area contributed by atoms with E-state index in [1.165, 1.54) is 12.3 Å². The van der Waals surface area contributed by atoms with Gasteiger partial charge in [0.25, 0.3) is 5.89 Å². The van der Waals surface area contributed by atoms with Crippen LogP contribution in [-0.2, 0) is 11.3 Å². The molecule has 22 heavy (non-hydrogen) atoms. The summed E-state index contributed by atoms with van der Waals surface area (Å²) in [5.41, 5.74) is 0.692. The van der Waals surface area contributed by atoms with Gasteiger partial charge >= 0.3 is 5.97 Å². The molecule has 0 amide bonds. The predicted octanol–water partition coefficient (Wildman–Crippen LogP) is 2.70. The predicted molar refractivity (Wildman–Crippen MR) is 74.1 cm³/mol. The molecule has 2 heterocycles. The highest BCUT2D eigenvalue weighted by atomic mass is 16.6. The SMILES string of the molecule is COc1ccccc1-c1noc(COC(=O)c2ccco2)n1. The maximum absolute atomic E-state index is 11.6. The molecule has 1 aromatic carbocycles. The van der Waals surface area contributed by atoms with E-state index in [0.717, 1.165) is 0 Å². The quantitative estimate of drug-likeness (QED) is 0.669. The molecule has 0 aliphatic rings. The lowest BCUT2D eigenvalue weighted by Gasteiger charge is -2.03. The van der Waals surface area contributed by atoms with E-state index in [1.54, 1.807) is 19.2 Å². The Hall–Kier alpha value is -3.09. The van der Waals surface area contributed by atoms with Crippen molar-refractivity contribution in [1.29, 1.82) is 0 Å². The fraction of sp³-hybridized carbons (Fsp3) is 0.133. The van der Waals surface area contributed by atoms with Gasteiger partial charge < -0.3 is 18.4 Å². The van der Waals surface area contributed by atoms with Crippen LogP contribution in [0.5, 0.6) is 5.75 Å². The van der Waals surface area contributed by atoms with Crippen LogP contribution in [0.15, 0.2) is 51.6 Å². The van der Waals surface area contributed by atoms with E-state index in [2.05, 4.69) is 10.1 Å². The number of rotatable bonds is 5. The van der Waals surface area contributed by atoms with Crippen molar-refractivity contribution in [3.05, 3.63) is 54.3 Å². The Balaban J connectivity index is 1.70. The smallest absolute Gasteiger partial charge is 0.374 e. The van der Waals surface area contributed by atoms with Gasteiger partial charge in [0.2, 0.25) is 11.6 Å². The van der Waals surface area contributed by atoms with Crippen molar-refractivity contribution in [3.8, 4) is 17.1 Å². The molecule has 3 aromatic rings. The topological polar surface area (TPSA) is 87.6 Å². The summed E-state index contributed by atoms with van der Waals surface area (Å²) < 4.78 is 20.2. The largest absolute Gasteiger partial charge is 0.496 e. The Morgan fingerprint density at radius 3 is 2.86 bits per heavy atom.